The molecule has 43 heavy (non-hydrogen) atoms. The smallest absolute Gasteiger partial charge is 0.149 e. The maximum atomic E-state index is 10.9. The van der Waals surface area contributed by atoms with Gasteiger partial charge in [-0.05, 0) is 94.0 Å². The Morgan fingerprint density at radius 2 is 1.00 bits per heavy atom. The summed E-state index contributed by atoms with van der Waals surface area (Å²) in [7, 11) is 8.86. The molecule has 0 radical (unpaired) electrons. The van der Waals surface area contributed by atoms with Gasteiger partial charge in [-0.25, -0.2) is 0 Å². The summed E-state index contributed by atoms with van der Waals surface area (Å²) in [4.78, 5) is 52.9. The van der Waals surface area contributed by atoms with E-state index in [-0.39, 0.29) is 59.7 Å². The van der Waals surface area contributed by atoms with E-state index >= 15 is 0 Å². The number of ketones is 5. The standard InChI is InChI=1S/2C8H17NO.C7H15NO.C5H11NO2.C4H9NO/c1-6(2)5-8(9-4)7(3)10;1-5-6(2)8(9-4)7(3)10;1-5(2)7(8-4)6(3)9;1-4(8)5(3-7)6-2;1-4(6)3-5-2/h2*6,8-9H,5H2,1-4H3;5,7-8H,1-4H3;5-7H,3H2,1-2H3;5H,3H2,1-2H3. The van der Waals surface area contributed by atoms with Crippen LogP contribution in [0.2, 0.25) is 0 Å². The molecule has 0 rings (SSSR count). The van der Waals surface area contributed by atoms with Gasteiger partial charge in [0.1, 0.15) is 28.9 Å². The van der Waals surface area contributed by atoms with Gasteiger partial charge in [0.25, 0.3) is 0 Å². The highest BCUT2D eigenvalue weighted by atomic mass is 16.3. The SMILES string of the molecule is CCC(C)C(NC)C(C)=O.CNC(C(C)=O)C(C)C.CNC(CC(C)C)C(C)=O.CNC(CO)C(C)=O.CNCC(C)=O. The molecule has 11 heteroatoms. The number of carbonyl (C=O) groups is 5. The fourth-order valence-electron chi connectivity index (χ4n) is 3.76. The summed E-state index contributed by atoms with van der Waals surface area (Å²) in [6.07, 6.45) is 1.98. The minimum absolute atomic E-state index is 0.0324. The Hall–Kier alpha value is -1.89. The summed E-state index contributed by atoms with van der Waals surface area (Å²) >= 11 is 0. The zero-order valence-corrected chi connectivity index (χ0v) is 30.4. The van der Waals surface area contributed by atoms with Gasteiger partial charge in [0.15, 0.2) is 0 Å². The Bertz CT molecular complexity index is 727. The highest BCUT2D eigenvalue weighted by molar-refractivity contribution is 5.82. The van der Waals surface area contributed by atoms with Crippen LogP contribution in [0.1, 0.15) is 89.0 Å². The number of likely N-dealkylation sites (N-methyl/N-ethyl adjacent to an activating group) is 5. The van der Waals surface area contributed by atoms with Crippen LogP contribution in [0.3, 0.4) is 0 Å². The van der Waals surface area contributed by atoms with Crippen LogP contribution in [-0.2, 0) is 24.0 Å². The maximum Gasteiger partial charge on any atom is 0.149 e. The average Bonchev–Trinajstić information content (AvgIpc) is 2.89. The van der Waals surface area contributed by atoms with Crippen LogP contribution in [0, 0.1) is 17.8 Å². The molecule has 0 saturated heterocycles. The first kappa shape index (κ1) is 50.7. The molecule has 0 aliphatic carbocycles. The number of Topliss-reactive ketones (excluding diaryl/α,β-unsaturated/α-hetero) is 5. The second-order valence-corrected chi connectivity index (χ2v) is 11.3. The third-order valence-corrected chi connectivity index (χ3v) is 6.37. The predicted molar refractivity (Wildman–Crippen MR) is 180 cm³/mol. The molecule has 0 aliphatic heterocycles. The third-order valence-electron chi connectivity index (χ3n) is 6.37. The third kappa shape index (κ3) is 34.5. The van der Waals surface area contributed by atoms with Crippen LogP contribution in [0.4, 0.5) is 0 Å². The normalized spacial score (nSPS) is 13.6. The highest BCUT2D eigenvalue weighted by Crippen LogP contribution is 2.07. The van der Waals surface area contributed by atoms with E-state index in [2.05, 4.69) is 54.3 Å². The van der Waals surface area contributed by atoms with E-state index in [4.69, 9.17) is 5.11 Å². The number of rotatable bonds is 16. The van der Waals surface area contributed by atoms with Crippen LogP contribution in [-0.4, -0.2) is 107 Å². The van der Waals surface area contributed by atoms with E-state index in [1.807, 2.05) is 35.0 Å². The molecule has 5 unspecified atom stereocenters. The Kier molecular flexibility index (Phi) is 38.9. The van der Waals surface area contributed by atoms with Crippen molar-refractivity contribution in [2.24, 2.45) is 17.8 Å². The van der Waals surface area contributed by atoms with Crippen LogP contribution in [0.25, 0.3) is 0 Å². The second kappa shape index (κ2) is 33.0. The fourth-order valence-corrected chi connectivity index (χ4v) is 3.76. The van der Waals surface area contributed by atoms with Crippen molar-refractivity contribution in [2.45, 2.75) is 113 Å². The first-order chi connectivity index (χ1) is 19.8. The van der Waals surface area contributed by atoms with Crippen LogP contribution in [0.5, 0.6) is 0 Å². The summed E-state index contributed by atoms with van der Waals surface area (Å²) in [6.45, 7) is 20.7. The maximum absolute atomic E-state index is 10.9. The molecule has 11 nitrogen and oxygen atoms in total. The molecule has 0 spiro atoms. The molecular weight excluding hydrogens is 550 g/mol. The Morgan fingerprint density at radius 3 is 1.05 bits per heavy atom. The highest BCUT2D eigenvalue weighted by Gasteiger charge is 2.17. The first-order valence-corrected chi connectivity index (χ1v) is 15.2. The molecule has 0 heterocycles. The Balaban J connectivity index is -0.000000141. The van der Waals surface area contributed by atoms with Gasteiger partial charge in [0.05, 0.1) is 37.3 Å². The van der Waals surface area contributed by atoms with Crippen LogP contribution < -0.4 is 26.6 Å². The number of hydrogen-bond donors (Lipinski definition) is 6. The van der Waals surface area contributed by atoms with E-state index in [0.717, 1.165) is 12.8 Å². The van der Waals surface area contributed by atoms with E-state index in [1.165, 1.54) is 6.92 Å². The van der Waals surface area contributed by atoms with Crippen molar-refractivity contribution in [2.75, 3.05) is 48.4 Å². The van der Waals surface area contributed by atoms with Gasteiger partial charge in [-0.3, -0.25) is 24.0 Å². The molecule has 0 aromatic rings. The molecule has 0 amide bonds. The summed E-state index contributed by atoms with van der Waals surface area (Å²) < 4.78 is 0. The molecule has 0 aromatic heterocycles. The van der Waals surface area contributed by atoms with Gasteiger partial charge in [-0.2, -0.15) is 0 Å². The van der Waals surface area contributed by atoms with E-state index < -0.39 is 0 Å². The van der Waals surface area contributed by atoms with Crippen LogP contribution in [0.15, 0.2) is 0 Å². The second-order valence-electron chi connectivity index (χ2n) is 11.3. The fraction of sp³-hybridized carbons (Fsp3) is 0.844. The van der Waals surface area contributed by atoms with Crippen LogP contribution >= 0.6 is 0 Å². The molecular formula is C32H69N5O6. The molecule has 6 N–H and O–H groups in total. The molecule has 0 aliphatic rings. The minimum atomic E-state index is -0.380. The van der Waals surface area contributed by atoms with Crippen molar-refractivity contribution in [3.63, 3.8) is 0 Å². The van der Waals surface area contributed by atoms with Crippen molar-refractivity contribution in [3.8, 4) is 0 Å². The van der Waals surface area contributed by atoms with Crippen molar-refractivity contribution in [3.05, 3.63) is 0 Å². The molecule has 0 bridgehead atoms. The average molecular weight is 620 g/mol. The first-order valence-electron chi connectivity index (χ1n) is 15.2. The zero-order valence-electron chi connectivity index (χ0n) is 30.4. The van der Waals surface area contributed by atoms with E-state index in [1.54, 1.807) is 41.8 Å². The van der Waals surface area contributed by atoms with Gasteiger partial charge in [0.2, 0.25) is 0 Å². The lowest BCUT2D eigenvalue weighted by atomic mass is 9.96. The van der Waals surface area contributed by atoms with Gasteiger partial charge >= 0.3 is 0 Å². The van der Waals surface area contributed by atoms with Gasteiger partial charge in [0, 0.05) is 0 Å². The van der Waals surface area contributed by atoms with Gasteiger partial charge in [-0.1, -0.05) is 48.0 Å². The number of carbonyl (C=O) groups excluding carboxylic acids is 5. The monoisotopic (exact) mass is 620 g/mol. The number of aliphatic hydroxyl groups is 1. The molecule has 0 aromatic carbocycles. The van der Waals surface area contributed by atoms with Crippen molar-refractivity contribution in [1.29, 1.82) is 0 Å². The van der Waals surface area contributed by atoms with E-state index in [9.17, 15) is 24.0 Å². The number of hydrogen-bond acceptors (Lipinski definition) is 11. The van der Waals surface area contributed by atoms with Gasteiger partial charge in [-0.15, -0.1) is 0 Å². The molecule has 0 saturated carbocycles. The van der Waals surface area contributed by atoms with Gasteiger partial charge < -0.3 is 31.7 Å². The van der Waals surface area contributed by atoms with E-state index in [0.29, 0.717) is 24.3 Å². The number of aliphatic hydroxyl groups excluding tert-OH is 1. The molecule has 258 valence electrons. The Morgan fingerprint density at radius 1 is 0.605 bits per heavy atom. The zero-order chi connectivity index (χ0) is 35.3. The Labute approximate surface area is 263 Å². The van der Waals surface area contributed by atoms with Crippen molar-refractivity contribution < 1.29 is 29.1 Å². The van der Waals surface area contributed by atoms with Crippen molar-refractivity contribution in [1.82, 2.24) is 26.6 Å². The molecule has 5 atom stereocenters. The summed E-state index contributed by atoms with van der Waals surface area (Å²) in [6, 6.07) is -0.245. The number of nitrogens with one attached hydrogen (secondary N) is 5. The lowest BCUT2D eigenvalue weighted by molar-refractivity contribution is -0.120. The summed E-state index contributed by atoms with van der Waals surface area (Å²) in [5.74, 6) is 2.25. The quantitative estimate of drug-likeness (QED) is 0.150. The molecule has 0 fully saturated rings. The lowest BCUT2D eigenvalue weighted by Crippen LogP contribution is -2.37. The topological polar surface area (TPSA) is 166 Å². The lowest BCUT2D eigenvalue weighted by Gasteiger charge is -2.18. The minimum Gasteiger partial charge on any atom is -0.394 e. The largest absolute Gasteiger partial charge is 0.394 e. The summed E-state index contributed by atoms with van der Waals surface area (Å²) in [5.41, 5.74) is 0. The predicted octanol–water partition coefficient (Wildman–Crippen LogP) is 2.19. The summed E-state index contributed by atoms with van der Waals surface area (Å²) in [5, 5.41) is 22.7. The van der Waals surface area contributed by atoms with Crippen molar-refractivity contribution >= 4 is 28.9 Å².